The third-order valence-corrected chi connectivity index (χ3v) is 2.79. The molecule has 7 nitrogen and oxygen atoms in total. The SMILES string of the molecule is CC(C)(C)CC(CNC(=O)NCc1ccncn1)C(=O)O. The second-order valence-electron chi connectivity index (χ2n) is 6.06. The van der Waals surface area contributed by atoms with Crippen LogP contribution in [0.2, 0.25) is 0 Å². The van der Waals surface area contributed by atoms with E-state index in [0.717, 1.165) is 0 Å². The average Bonchev–Trinajstić information content (AvgIpc) is 2.41. The Kier molecular flexibility index (Phi) is 6.08. The lowest BCUT2D eigenvalue weighted by atomic mass is 9.84. The Balaban J connectivity index is 2.38. The van der Waals surface area contributed by atoms with Gasteiger partial charge in [0.05, 0.1) is 18.2 Å². The van der Waals surface area contributed by atoms with Crippen LogP contribution in [0.4, 0.5) is 4.79 Å². The van der Waals surface area contributed by atoms with Crippen LogP contribution in [0, 0.1) is 11.3 Å². The number of nitrogens with one attached hydrogen (secondary N) is 2. The van der Waals surface area contributed by atoms with E-state index in [1.807, 2.05) is 20.8 Å². The highest BCUT2D eigenvalue weighted by atomic mass is 16.4. The second-order valence-corrected chi connectivity index (χ2v) is 6.06. The molecule has 21 heavy (non-hydrogen) atoms. The predicted octanol–water partition coefficient (Wildman–Crippen LogP) is 1.41. The fourth-order valence-electron chi connectivity index (χ4n) is 1.86. The number of aromatic nitrogens is 2. The van der Waals surface area contributed by atoms with Gasteiger partial charge in [-0.2, -0.15) is 0 Å². The van der Waals surface area contributed by atoms with E-state index in [2.05, 4.69) is 20.6 Å². The second kappa shape index (κ2) is 7.56. The van der Waals surface area contributed by atoms with Crippen molar-refractivity contribution in [3.05, 3.63) is 24.3 Å². The van der Waals surface area contributed by atoms with Gasteiger partial charge >= 0.3 is 12.0 Å². The van der Waals surface area contributed by atoms with Crippen LogP contribution in [-0.4, -0.2) is 33.6 Å². The van der Waals surface area contributed by atoms with Crippen molar-refractivity contribution in [1.82, 2.24) is 20.6 Å². The third-order valence-electron chi connectivity index (χ3n) is 2.79. The molecule has 0 bridgehead atoms. The van der Waals surface area contributed by atoms with E-state index >= 15 is 0 Å². The van der Waals surface area contributed by atoms with Crippen LogP contribution >= 0.6 is 0 Å². The van der Waals surface area contributed by atoms with E-state index in [9.17, 15) is 9.59 Å². The summed E-state index contributed by atoms with van der Waals surface area (Å²) < 4.78 is 0. The van der Waals surface area contributed by atoms with Crippen molar-refractivity contribution in [2.45, 2.75) is 33.7 Å². The smallest absolute Gasteiger partial charge is 0.315 e. The minimum Gasteiger partial charge on any atom is -0.481 e. The van der Waals surface area contributed by atoms with Crippen LogP contribution < -0.4 is 10.6 Å². The summed E-state index contributed by atoms with van der Waals surface area (Å²) in [7, 11) is 0. The number of hydrogen-bond donors (Lipinski definition) is 3. The number of carboxylic acid groups (broad SMARTS) is 1. The largest absolute Gasteiger partial charge is 0.481 e. The average molecular weight is 294 g/mol. The van der Waals surface area contributed by atoms with Crippen LogP contribution in [0.5, 0.6) is 0 Å². The molecule has 0 spiro atoms. The molecule has 0 fully saturated rings. The summed E-state index contributed by atoms with van der Waals surface area (Å²) in [4.78, 5) is 30.6. The van der Waals surface area contributed by atoms with Gasteiger partial charge in [0.25, 0.3) is 0 Å². The minimum absolute atomic E-state index is 0.0994. The van der Waals surface area contributed by atoms with E-state index in [4.69, 9.17) is 5.11 Å². The number of carbonyl (C=O) groups excluding carboxylic acids is 1. The number of nitrogens with zero attached hydrogens (tertiary/aromatic N) is 2. The molecule has 0 aromatic carbocycles. The number of hydrogen-bond acceptors (Lipinski definition) is 4. The monoisotopic (exact) mass is 294 g/mol. The molecule has 0 radical (unpaired) electrons. The maximum atomic E-state index is 11.7. The lowest BCUT2D eigenvalue weighted by Gasteiger charge is -2.23. The summed E-state index contributed by atoms with van der Waals surface area (Å²) in [5.41, 5.74) is 0.576. The van der Waals surface area contributed by atoms with Gasteiger partial charge in [0.2, 0.25) is 0 Å². The van der Waals surface area contributed by atoms with Crippen molar-refractivity contribution in [3.63, 3.8) is 0 Å². The van der Waals surface area contributed by atoms with E-state index in [-0.39, 0.29) is 18.5 Å². The van der Waals surface area contributed by atoms with E-state index in [1.165, 1.54) is 6.33 Å². The molecule has 7 heteroatoms. The quantitative estimate of drug-likeness (QED) is 0.736. The molecule has 1 atom stereocenters. The molecular weight excluding hydrogens is 272 g/mol. The number of amides is 2. The Hall–Kier alpha value is -2.18. The molecule has 3 N–H and O–H groups in total. The summed E-state index contributed by atoms with van der Waals surface area (Å²) in [6, 6.07) is 1.29. The molecule has 0 saturated carbocycles. The first-order valence-corrected chi connectivity index (χ1v) is 6.77. The van der Waals surface area contributed by atoms with Crippen molar-refractivity contribution in [3.8, 4) is 0 Å². The molecular formula is C14H22N4O3. The molecule has 1 aromatic heterocycles. The lowest BCUT2D eigenvalue weighted by Crippen LogP contribution is -2.40. The third kappa shape index (κ3) is 7.24. The van der Waals surface area contributed by atoms with E-state index < -0.39 is 17.9 Å². The van der Waals surface area contributed by atoms with Crippen LogP contribution in [0.15, 0.2) is 18.6 Å². The zero-order valence-electron chi connectivity index (χ0n) is 12.6. The Morgan fingerprint density at radius 2 is 2.05 bits per heavy atom. The fraction of sp³-hybridized carbons (Fsp3) is 0.571. The topological polar surface area (TPSA) is 104 Å². The normalized spacial score (nSPS) is 12.5. The van der Waals surface area contributed by atoms with Gasteiger partial charge in [-0.15, -0.1) is 0 Å². The van der Waals surface area contributed by atoms with E-state index in [0.29, 0.717) is 12.1 Å². The van der Waals surface area contributed by atoms with Crippen molar-refractivity contribution >= 4 is 12.0 Å². The highest BCUT2D eigenvalue weighted by Crippen LogP contribution is 2.24. The number of carbonyl (C=O) groups is 2. The molecule has 1 unspecified atom stereocenters. The minimum atomic E-state index is -0.902. The summed E-state index contributed by atoms with van der Waals surface area (Å²) >= 11 is 0. The number of rotatable bonds is 6. The zero-order valence-corrected chi connectivity index (χ0v) is 12.6. The zero-order chi connectivity index (χ0) is 15.9. The van der Waals surface area contributed by atoms with E-state index in [1.54, 1.807) is 12.3 Å². The first-order chi connectivity index (χ1) is 9.78. The summed E-state index contributed by atoms with van der Waals surface area (Å²) in [5, 5.41) is 14.4. The van der Waals surface area contributed by atoms with Gasteiger partial charge in [-0.05, 0) is 17.9 Å². The maximum absolute atomic E-state index is 11.7. The standard InChI is InChI=1S/C14H22N4O3/c1-14(2,3)6-10(12(19)20)7-16-13(21)17-8-11-4-5-15-9-18-11/h4-5,9-10H,6-8H2,1-3H3,(H,19,20)(H2,16,17,21). The molecule has 1 rings (SSSR count). The fourth-order valence-corrected chi connectivity index (χ4v) is 1.86. The molecule has 0 aliphatic carbocycles. The van der Waals surface area contributed by atoms with Gasteiger partial charge in [0, 0.05) is 12.7 Å². The molecule has 0 saturated heterocycles. The molecule has 116 valence electrons. The Labute approximate surface area is 124 Å². The number of aliphatic carboxylic acids is 1. The van der Waals surface area contributed by atoms with Crippen molar-refractivity contribution < 1.29 is 14.7 Å². The summed E-state index contributed by atoms with van der Waals surface area (Å²) in [6.07, 6.45) is 3.49. The Morgan fingerprint density at radius 3 is 2.57 bits per heavy atom. The first-order valence-electron chi connectivity index (χ1n) is 6.77. The molecule has 2 amide bonds. The predicted molar refractivity (Wildman–Crippen MR) is 77.5 cm³/mol. The molecule has 1 heterocycles. The Bertz CT molecular complexity index is 471. The molecule has 0 aliphatic rings. The van der Waals surface area contributed by atoms with Gasteiger partial charge in [-0.3, -0.25) is 4.79 Å². The number of urea groups is 1. The van der Waals surface area contributed by atoms with Crippen LogP contribution in [0.1, 0.15) is 32.9 Å². The first kappa shape index (κ1) is 16.9. The molecule has 0 aliphatic heterocycles. The lowest BCUT2D eigenvalue weighted by molar-refractivity contribution is -0.142. The van der Waals surface area contributed by atoms with Crippen LogP contribution in [-0.2, 0) is 11.3 Å². The van der Waals surface area contributed by atoms with Gasteiger partial charge in [0.1, 0.15) is 6.33 Å². The van der Waals surface area contributed by atoms with Gasteiger partial charge in [-0.25, -0.2) is 14.8 Å². The Morgan fingerprint density at radius 1 is 1.33 bits per heavy atom. The molecule has 1 aromatic rings. The highest BCUT2D eigenvalue weighted by Gasteiger charge is 2.24. The van der Waals surface area contributed by atoms with Gasteiger partial charge in [-0.1, -0.05) is 20.8 Å². The highest BCUT2D eigenvalue weighted by molar-refractivity contribution is 5.75. The maximum Gasteiger partial charge on any atom is 0.315 e. The van der Waals surface area contributed by atoms with Crippen LogP contribution in [0.25, 0.3) is 0 Å². The van der Waals surface area contributed by atoms with Crippen LogP contribution in [0.3, 0.4) is 0 Å². The van der Waals surface area contributed by atoms with Gasteiger partial charge in [0.15, 0.2) is 0 Å². The summed E-state index contributed by atoms with van der Waals surface area (Å²) in [6.45, 7) is 6.28. The number of carboxylic acids is 1. The van der Waals surface area contributed by atoms with Crippen molar-refractivity contribution in [2.24, 2.45) is 11.3 Å². The summed E-state index contributed by atoms with van der Waals surface area (Å²) in [5.74, 6) is -1.50. The van der Waals surface area contributed by atoms with Gasteiger partial charge < -0.3 is 15.7 Å². The van der Waals surface area contributed by atoms with Crippen molar-refractivity contribution in [1.29, 1.82) is 0 Å². The van der Waals surface area contributed by atoms with Crippen molar-refractivity contribution in [2.75, 3.05) is 6.54 Å².